The average molecular weight is 314 g/mol. The molecule has 4 N–H and O–H groups in total. The van der Waals surface area contributed by atoms with E-state index in [9.17, 15) is 8.42 Å². The summed E-state index contributed by atoms with van der Waals surface area (Å²) in [5.74, 6) is 0.768. The standard InChI is InChI=1S/C12H22N6O2S/c1-3-10-15-8-11(16-10)21(19,20)18-6-4-17(5-7-18)9(2)12(13)14/h8-9H,3-7H2,1-2H3,(H3,13,14)(H,15,16). The summed E-state index contributed by atoms with van der Waals surface area (Å²) in [5.41, 5.74) is 5.49. The summed E-state index contributed by atoms with van der Waals surface area (Å²) in [6.45, 7) is 5.68. The lowest BCUT2D eigenvalue weighted by molar-refractivity contribution is 0.173. The molecule has 1 fully saturated rings. The number of H-pyrrole nitrogens is 1. The molecule has 0 aliphatic carbocycles. The summed E-state index contributed by atoms with van der Waals surface area (Å²) in [6, 6.07) is -0.159. The van der Waals surface area contributed by atoms with Gasteiger partial charge in [0, 0.05) is 32.6 Å². The van der Waals surface area contributed by atoms with E-state index < -0.39 is 10.0 Å². The van der Waals surface area contributed by atoms with Gasteiger partial charge in [0.15, 0.2) is 5.03 Å². The normalized spacial score (nSPS) is 19.5. The zero-order valence-corrected chi connectivity index (χ0v) is 13.2. The summed E-state index contributed by atoms with van der Waals surface area (Å²) >= 11 is 0. The first-order valence-electron chi connectivity index (χ1n) is 6.98. The number of aromatic amines is 1. The maximum absolute atomic E-state index is 12.5. The Morgan fingerprint density at radius 3 is 2.57 bits per heavy atom. The summed E-state index contributed by atoms with van der Waals surface area (Å²) < 4.78 is 26.4. The van der Waals surface area contributed by atoms with Crippen LogP contribution in [0.2, 0.25) is 0 Å². The van der Waals surface area contributed by atoms with Crippen LogP contribution in [0.1, 0.15) is 19.7 Å². The minimum atomic E-state index is -3.52. The van der Waals surface area contributed by atoms with Crippen molar-refractivity contribution < 1.29 is 8.42 Å². The molecule has 2 heterocycles. The van der Waals surface area contributed by atoms with E-state index >= 15 is 0 Å². The molecule has 0 spiro atoms. The molecular weight excluding hydrogens is 292 g/mol. The van der Waals surface area contributed by atoms with Gasteiger partial charge in [0.2, 0.25) is 0 Å². The Bertz CT molecular complexity index is 603. The van der Waals surface area contributed by atoms with Crippen molar-refractivity contribution in [2.45, 2.75) is 31.3 Å². The molecule has 21 heavy (non-hydrogen) atoms. The van der Waals surface area contributed by atoms with Gasteiger partial charge in [-0.15, -0.1) is 0 Å². The third-order valence-electron chi connectivity index (χ3n) is 3.83. The van der Waals surface area contributed by atoms with Gasteiger partial charge in [-0.25, -0.2) is 13.4 Å². The maximum atomic E-state index is 12.5. The number of hydrogen-bond donors (Lipinski definition) is 3. The molecule has 2 rings (SSSR count). The zero-order chi connectivity index (χ0) is 15.6. The molecule has 9 heteroatoms. The highest BCUT2D eigenvalue weighted by molar-refractivity contribution is 7.89. The van der Waals surface area contributed by atoms with Crippen molar-refractivity contribution in [2.75, 3.05) is 26.2 Å². The monoisotopic (exact) mass is 314 g/mol. The Balaban J connectivity index is 2.05. The molecule has 1 aliphatic rings. The van der Waals surface area contributed by atoms with Gasteiger partial charge in [-0.1, -0.05) is 6.92 Å². The van der Waals surface area contributed by atoms with Crippen LogP contribution >= 0.6 is 0 Å². The molecule has 1 aliphatic heterocycles. The predicted molar refractivity (Wildman–Crippen MR) is 79.7 cm³/mol. The van der Waals surface area contributed by atoms with E-state index in [1.807, 2.05) is 18.7 Å². The van der Waals surface area contributed by atoms with E-state index in [-0.39, 0.29) is 16.9 Å². The highest BCUT2D eigenvalue weighted by atomic mass is 32.2. The Labute approximate surface area is 124 Å². The van der Waals surface area contributed by atoms with Gasteiger partial charge in [0.1, 0.15) is 11.7 Å². The Hall–Kier alpha value is -1.45. The molecule has 1 aromatic heterocycles. The molecule has 0 amide bonds. The molecule has 0 saturated carbocycles. The van der Waals surface area contributed by atoms with Gasteiger partial charge < -0.3 is 10.7 Å². The van der Waals surface area contributed by atoms with Crippen molar-refractivity contribution in [3.63, 3.8) is 0 Å². The number of imidazole rings is 1. The first kappa shape index (κ1) is 15.9. The maximum Gasteiger partial charge on any atom is 0.260 e. The van der Waals surface area contributed by atoms with Gasteiger partial charge in [0.05, 0.1) is 12.2 Å². The van der Waals surface area contributed by atoms with Crippen LogP contribution in [-0.2, 0) is 16.4 Å². The minimum absolute atomic E-state index is 0.104. The second-order valence-corrected chi connectivity index (χ2v) is 7.03. The van der Waals surface area contributed by atoms with E-state index in [2.05, 4.69) is 9.97 Å². The van der Waals surface area contributed by atoms with E-state index in [1.54, 1.807) is 0 Å². The van der Waals surface area contributed by atoms with Gasteiger partial charge in [-0.3, -0.25) is 10.3 Å². The number of rotatable bonds is 5. The molecule has 118 valence electrons. The molecule has 8 nitrogen and oxygen atoms in total. The molecule has 1 atom stereocenters. The van der Waals surface area contributed by atoms with Gasteiger partial charge in [-0.2, -0.15) is 4.31 Å². The smallest absolute Gasteiger partial charge is 0.260 e. The molecular formula is C12H22N6O2S. The highest BCUT2D eigenvalue weighted by Gasteiger charge is 2.31. The van der Waals surface area contributed by atoms with Crippen molar-refractivity contribution in [1.82, 2.24) is 19.2 Å². The van der Waals surface area contributed by atoms with E-state index in [0.29, 0.717) is 38.4 Å². The number of nitrogens with two attached hydrogens (primary N) is 1. The number of aromatic nitrogens is 2. The van der Waals surface area contributed by atoms with E-state index in [0.717, 1.165) is 0 Å². The second kappa shape index (κ2) is 6.12. The zero-order valence-electron chi connectivity index (χ0n) is 12.3. The van der Waals surface area contributed by atoms with Crippen molar-refractivity contribution in [3.05, 3.63) is 12.0 Å². The van der Waals surface area contributed by atoms with Crippen LogP contribution < -0.4 is 5.73 Å². The molecule has 0 radical (unpaired) electrons. The number of piperazine rings is 1. The molecule has 1 saturated heterocycles. The number of hydrogen-bond acceptors (Lipinski definition) is 5. The molecule has 0 bridgehead atoms. The van der Waals surface area contributed by atoms with Crippen molar-refractivity contribution in [1.29, 1.82) is 5.41 Å². The Morgan fingerprint density at radius 1 is 1.48 bits per heavy atom. The van der Waals surface area contributed by atoms with Crippen LogP contribution in [0.4, 0.5) is 0 Å². The fourth-order valence-corrected chi connectivity index (χ4v) is 3.68. The van der Waals surface area contributed by atoms with Crippen LogP contribution in [0.25, 0.3) is 0 Å². The third kappa shape index (κ3) is 3.25. The lowest BCUT2D eigenvalue weighted by Gasteiger charge is -2.36. The minimum Gasteiger partial charge on any atom is -0.386 e. The van der Waals surface area contributed by atoms with E-state index in [4.69, 9.17) is 11.1 Å². The van der Waals surface area contributed by atoms with Crippen molar-refractivity contribution >= 4 is 15.9 Å². The van der Waals surface area contributed by atoms with Crippen LogP contribution in [0.15, 0.2) is 11.2 Å². The largest absolute Gasteiger partial charge is 0.386 e. The van der Waals surface area contributed by atoms with Crippen LogP contribution in [-0.4, -0.2) is 65.6 Å². The Morgan fingerprint density at radius 2 is 2.10 bits per heavy atom. The number of nitrogens with zero attached hydrogens (tertiary/aromatic N) is 3. The van der Waals surface area contributed by atoms with Crippen LogP contribution in [0, 0.1) is 5.41 Å². The average Bonchev–Trinajstić information content (AvgIpc) is 2.96. The lowest BCUT2D eigenvalue weighted by atomic mass is 10.2. The summed E-state index contributed by atoms with van der Waals surface area (Å²) in [4.78, 5) is 8.90. The van der Waals surface area contributed by atoms with Gasteiger partial charge in [0.25, 0.3) is 10.0 Å². The quantitative estimate of drug-likeness (QED) is 0.505. The number of aryl methyl sites for hydroxylation is 1. The van der Waals surface area contributed by atoms with Crippen LogP contribution in [0.3, 0.4) is 0 Å². The number of nitrogens with one attached hydrogen (secondary N) is 2. The Kier molecular flexibility index (Phi) is 4.64. The molecule has 1 unspecified atom stereocenters. The van der Waals surface area contributed by atoms with Gasteiger partial charge >= 0.3 is 0 Å². The summed E-state index contributed by atoms with van der Waals surface area (Å²) in [5, 5.41) is 7.60. The topological polar surface area (TPSA) is 119 Å². The number of amidine groups is 1. The molecule has 0 aromatic carbocycles. The lowest BCUT2D eigenvalue weighted by Crippen LogP contribution is -2.54. The van der Waals surface area contributed by atoms with Crippen molar-refractivity contribution in [2.24, 2.45) is 5.73 Å². The van der Waals surface area contributed by atoms with Gasteiger partial charge in [-0.05, 0) is 6.92 Å². The number of sulfonamides is 1. The third-order valence-corrected chi connectivity index (χ3v) is 5.64. The first-order valence-corrected chi connectivity index (χ1v) is 8.42. The van der Waals surface area contributed by atoms with Crippen molar-refractivity contribution in [3.8, 4) is 0 Å². The SMILES string of the molecule is CCc1ncc(S(=O)(=O)N2CCN(C(C)C(=N)N)CC2)[nH]1. The first-order chi connectivity index (χ1) is 9.86. The van der Waals surface area contributed by atoms with Crippen LogP contribution in [0.5, 0.6) is 0 Å². The summed E-state index contributed by atoms with van der Waals surface area (Å²) in [7, 11) is -3.52. The fraction of sp³-hybridized carbons (Fsp3) is 0.667. The van der Waals surface area contributed by atoms with E-state index in [1.165, 1.54) is 10.5 Å². The second-order valence-electron chi connectivity index (χ2n) is 5.12. The predicted octanol–water partition coefficient (Wildman–Crippen LogP) is -0.397. The molecule has 1 aromatic rings. The fourth-order valence-electron chi connectivity index (χ4n) is 2.32. The highest BCUT2D eigenvalue weighted by Crippen LogP contribution is 2.17. The summed E-state index contributed by atoms with van der Waals surface area (Å²) in [6.07, 6.45) is 2.04.